The summed E-state index contributed by atoms with van der Waals surface area (Å²) in [6.07, 6.45) is 8.21. The van der Waals surface area contributed by atoms with Gasteiger partial charge in [-0.25, -0.2) is 0 Å². The van der Waals surface area contributed by atoms with Gasteiger partial charge in [0.1, 0.15) is 5.75 Å². The van der Waals surface area contributed by atoms with E-state index in [0.29, 0.717) is 10.8 Å². The van der Waals surface area contributed by atoms with E-state index in [1.807, 2.05) is 0 Å². The SMILES string of the molecule is COc1ccc2c(c1)[C@@]13CCCC[C@@]1(C)[C@@H](C2)[NH2+]CC3. The number of piperidine rings is 1. The average molecular weight is 272 g/mol. The van der Waals surface area contributed by atoms with Gasteiger partial charge in [-0.2, -0.15) is 0 Å². The van der Waals surface area contributed by atoms with Crippen LogP contribution in [0.4, 0.5) is 0 Å². The zero-order chi connectivity index (χ0) is 13.8. The van der Waals surface area contributed by atoms with E-state index in [1.165, 1.54) is 45.1 Å². The molecule has 2 bridgehead atoms. The third-order valence-corrected chi connectivity index (χ3v) is 6.76. The van der Waals surface area contributed by atoms with Gasteiger partial charge < -0.3 is 10.1 Å². The van der Waals surface area contributed by atoms with E-state index >= 15 is 0 Å². The number of hydrogen-bond donors (Lipinski definition) is 1. The number of fused-ring (bicyclic) bond motifs is 1. The lowest BCUT2D eigenvalue weighted by Crippen LogP contribution is -2.98. The van der Waals surface area contributed by atoms with Crippen LogP contribution in [0.15, 0.2) is 18.2 Å². The Labute approximate surface area is 121 Å². The standard InChI is InChI=1S/C18H25NO/c1-17-7-3-4-8-18(17)9-10-19-16(17)11-13-5-6-14(20-2)12-15(13)18/h5-6,12,16,19H,3-4,7-11H2,1-2H3/p+1/t16-,17+,18+/m1/s1. The van der Waals surface area contributed by atoms with E-state index in [4.69, 9.17) is 4.74 Å². The molecule has 2 fully saturated rings. The van der Waals surface area contributed by atoms with Crippen molar-refractivity contribution in [1.82, 2.24) is 0 Å². The Kier molecular flexibility index (Phi) is 2.69. The topological polar surface area (TPSA) is 25.8 Å². The van der Waals surface area contributed by atoms with Crippen LogP contribution in [0.2, 0.25) is 0 Å². The number of benzene rings is 1. The third-order valence-electron chi connectivity index (χ3n) is 6.76. The fourth-order valence-corrected chi connectivity index (χ4v) is 5.61. The zero-order valence-corrected chi connectivity index (χ0v) is 12.7. The van der Waals surface area contributed by atoms with Gasteiger partial charge in [-0.3, -0.25) is 0 Å². The Morgan fingerprint density at radius 3 is 2.90 bits per heavy atom. The summed E-state index contributed by atoms with van der Waals surface area (Å²) in [6, 6.07) is 7.63. The predicted octanol–water partition coefficient (Wildman–Crippen LogP) is 2.41. The molecule has 1 aromatic carbocycles. The normalized spacial score (nSPS) is 38.8. The summed E-state index contributed by atoms with van der Waals surface area (Å²) < 4.78 is 5.52. The number of quaternary nitrogens is 1. The van der Waals surface area contributed by atoms with E-state index in [0.717, 1.165) is 11.8 Å². The number of ether oxygens (including phenoxy) is 1. The lowest BCUT2D eigenvalue weighted by atomic mass is 9.45. The van der Waals surface area contributed by atoms with Crippen LogP contribution >= 0.6 is 0 Å². The lowest BCUT2D eigenvalue weighted by molar-refractivity contribution is -0.719. The molecule has 2 aliphatic carbocycles. The molecule has 3 atom stereocenters. The highest BCUT2D eigenvalue weighted by molar-refractivity contribution is 5.46. The predicted molar refractivity (Wildman–Crippen MR) is 80.1 cm³/mol. The molecule has 1 aromatic rings. The molecular weight excluding hydrogens is 246 g/mol. The monoisotopic (exact) mass is 272 g/mol. The van der Waals surface area contributed by atoms with Gasteiger partial charge in [-0.05, 0) is 36.1 Å². The van der Waals surface area contributed by atoms with Crippen LogP contribution in [-0.4, -0.2) is 19.7 Å². The summed E-state index contributed by atoms with van der Waals surface area (Å²) in [5.74, 6) is 1.04. The molecule has 1 aliphatic heterocycles. The molecule has 1 saturated carbocycles. The van der Waals surface area contributed by atoms with Crippen LogP contribution in [0.25, 0.3) is 0 Å². The average Bonchev–Trinajstić information content (AvgIpc) is 2.46. The minimum absolute atomic E-state index is 0.423. The van der Waals surface area contributed by atoms with Crippen LogP contribution in [-0.2, 0) is 11.8 Å². The van der Waals surface area contributed by atoms with Gasteiger partial charge in [-0.15, -0.1) is 0 Å². The van der Waals surface area contributed by atoms with Crippen LogP contribution in [0.5, 0.6) is 5.75 Å². The lowest BCUT2D eigenvalue weighted by Gasteiger charge is -2.60. The summed E-state index contributed by atoms with van der Waals surface area (Å²) in [7, 11) is 1.79. The molecule has 0 aromatic heterocycles. The van der Waals surface area contributed by atoms with Crippen molar-refractivity contribution in [3.05, 3.63) is 29.3 Å². The van der Waals surface area contributed by atoms with Gasteiger partial charge in [0, 0.05) is 23.7 Å². The van der Waals surface area contributed by atoms with Crippen LogP contribution in [0, 0.1) is 5.41 Å². The highest BCUT2D eigenvalue weighted by atomic mass is 16.5. The van der Waals surface area contributed by atoms with Gasteiger partial charge in [0.2, 0.25) is 0 Å². The quantitative estimate of drug-likeness (QED) is 0.834. The van der Waals surface area contributed by atoms with Crippen molar-refractivity contribution in [2.24, 2.45) is 5.41 Å². The Morgan fingerprint density at radius 2 is 2.05 bits per heavy atom. The molecule has 0 spiro atoms. The summed E-state index contributed by atoms with van der Waals surface area (Å²) in [4.78, 5) is 0. The molecule has 1 saturated heterocycles. The van der Waals surface area contributed by atoms with Crippen LogP contribution in [0.3, 0.4) is 0 Å². The molecule has 108 valence electrons. The zero-order valence-electron chi connectivity index (χ0n) is 12.7. The number of nitrogens with two attached hydrogens (primary N) is 1. The fraction of sp³-hybridized carbons (Fsp3) is 0.667. The first-order valence-corrected chi connectivity index (χ1v) is 8.20. The molecule has 1 heterocycles. The Bertz CT molecular complexity index is 536. The second-order valence-electron chi connectivity index (χ2n) is 7.31. The first-order chi connectivity index (χ1) is 9.69. The molecular formula is C18H26NO+. The van der Waals surface area contributed by atoms with Crippen molar-refractivity contribution in [1.29, 1.82) is 0 Å². The molecule has 2 heteroatoms. The second-order valence-corrected chi connectivity index (χ2v) is 7.31. The summed E-state index contributed by atoms with van der Waals surface area (Å²) >= 11 is 0. The largest absolute Gasteiger partial charge is 0.497 e. The molecule has 0 radical (unpaired) electrons. The summed E-state index contributed by atoms with van der Waals surface area (Å²) in [6.45, 7) is 3.88. The van der Waals surface area contributed by atoms with Crippen molar-refractivity contribution >= 4 is 0 Å². The second kappa shape index (κ2) is 4.24. The van der Waals surface area contributed by atoms with Crippen molar-refractivity contribution in [3.8, 4) is 5.75 Å². The van der Waals surface area contributed by atoms with Gasteiger partial charge >= 0.3 is 0 Å². The minimum Gasteiger partial charge on any atom is -0.497 e. The van der Waals surface area contributed by atoms with Crippen LogP contribution < -0.4 is 10.1 Å². The molecule has 2 N–H and O–H groups in total. The number of rotatable bonds is 1. The first-order valence-electron chi connectivity index (χ1n) is 8.20. The van der Waals surface area contributed by atoms with Crippen molar-refractivity contribution in [2.75, 3.05) is 13.7 Å². The Balaban J connectivity index is 1.93. The Morgan fingerprint density at radius 1 is 1.20 bits per heavy atom. The van der Waals surface area contributed by atoms with Crippen molar-refractivity contribution < 1.29 is 10.1 Å². The maximum Gasteiger partial charge on any atom is 0.119 e. The van der Waals surface area contributed by atoms with E-state index in [-0.39, 0.29) is 0 Å². The molecule has 20 heavy (non-hydrogen) atoms. The van der Waals surface area contributed by atoms with Gasteiger partial charge in [0.05, 0.1) is 19.7 Å². The molecule has 0 amide bonds. The number of methoxy groups -OCH3 is 1. The first kappa shape index (κ1) is 12.7. The number of hydrogen-bond acceptors (Lipinski definition) is 1. The third kappa shape index (κ3) is 1.43. The fourth-order valence-electron chi connectivity index (χ4n) is 5.61. The Hall–Kier alpha value is -1.02. The smallest absolute Gasteiger partial charge is 0.119 e. The van der Waals surface area contributed by atoms with E-state index in [2.05, 4.69) is 30.4 Å². The van der Waals surface area contributed by atoms with Crippen LogP contribution in [0.1, 0.15) is 50.2 Å². The summed E-state index contributed by atoms with van der Waals surface area (Å²) in [5, 5.41) is 2.64. The molecule has 2 nitrogen and oxygen atoms in total. The van der Waals surface area contributed by atoms with E-state index in [9.17, 15) is 0 Å². The molecule has 3 aliphatic rings. The van der Waals surface area contributed by atoms with Crippen molar-refractivity contribution in [2.45, 2.75) is 56.9 Å². The van der Waals surface area contributed by atoms with E-state index in [1.54, 1.807) is 18.2 Å². The van der Waals surface area contributed by atoms with E-state index < -0.39 is 0 Å². The minimum atomic E-state index is 0.423. The molecule has 4 rings (SSSR count). The maximum absolute atomic E-state index is 5.52. The molecule has 0 unspecified atom stereocenters. The van der Waals surface area contributed by atoms with Crippen molar-refractivity contribution in [3.63, 3.8) is 0 Å². The highest BCUT2D eigenvalue weighted by Gasteiger charge is 2.61. The summed E-state index contributed by atoms with van der Waals surface area (Å²) in [5.41, 5.74) is 4.13. The van der Waals surface area contributed by atoms with Gasteiger partial charge in [0.15, 0.2) is 0 Å². The highest BCUT2D eigenvalue weighted by Crippen LogP contribution is 2.60. The maximum atomic E-state index is 5.52. The van der Waals surface area contributed by atoms with Gasteiger partial charge in [-0.1, -0.05) is 25.8 Å². The van der Waals surface area contributed by atoms with Gasteiger partial charge in [0.25, 0.3) is 0 Å².